The molecule has 0 rings (SSSR count). The van der Waals surface area contributed by atoms with Crippen LogP contribution in [0.2, 0.25) is 0 Å². The van der Waals surface area contributed by atoms with Gasteiger partial charge in [-0.3, -0.25) is 4.79 Å². The molecule has 0 unspecified atom stereocenters. The fourth-order valence-electron chi connectivity index (χ4n) is 1.02. The van der Waals surface area contributed by atoms with Crippen LogP contribution in [0.25, 0.3) is 0 Å². The molecule has 90 valence electrons. The SMILES string of the molecule is CCCCOCCNCC(=O)NCCC. The smallest absolute Gasteiger partial charge is 0.233 e. The summed E-state index contributed by atoms with van der Waals surface area (Å²) in [5.74, 6) is 0.0606. The first-order chi connectivity index (χ1) is 7.31. The van der Waals surface area contributed by atoms with E-state index in [1.165, 1.54) is 0 Å². The van der Waals surface area contributed by atoms with Crippen LogP contribution < -0.4 is 10.6 Å². The second-order valence-electron chi connectivity index (χ2n) is 3.49. The lowest BCUT2D eigenvalue weighted by molar-refractivity contribution is -0.120. The van der Waals surface area contributed by atoms with Crippen molar-refractivity contribution >= 4 is 5.91 Å². The Bertz CT molecular complexity index is 152. The number of unbranched alkanes of at least 4 members (excludes halogenated alkanes) is 1. The van der Waals surface area contributed by atoms with Crippen LogP contribution in [-0.2, 0) is 9.53 Å². The van der Waals surface area contributed by atoms with Crippen molar-refractivity contribution < 1.29 is 9.53 Å². The molecule has 15 heavy (non-hydrogen) atoms. The summed E-state index contributed by atoms with van der Waals surface area (Å²) in [5.41, 5.74) is 0. The average molecular weight is 216 g/mol. The van der Waals surface area contributed by atoms with Gasteiger partial charge in [-0.15, -0.1) is 0 Å². The summed E-state index contributed by atoms with van der Waals surface area (Å²) in [6.07, 6.45) is 3.25. The molecule has 0 saturated heterocycles. The summed E-state index contributed by atoms with van der Waals surface area (Å²) in [5, 5.41) is 5.84. The van der Waals surface area contributed by atoms with Crippen molar-refractivity contribution in [3.05, 3.63) is 0 Å². The van der Waals surface area contributed by atoms with Crippen LogP contribution in [0.1, 0.15) is 33.1 Å². The predicted octanol–water partition coefficient (Wildman–Crippen LogP) is 0.919. The van der Waals surface area contributed by atoms with Crippen LogP contribution in [0, 0.1) is 0 Å². The van der Waals surface area contributed by atoms with Crippen LogP contribution in [0.3, 0.4) is 0 Å². The van der Waals surface area contributed by atoms with E-state index in [2.05, 4.69) is 17.6 Å². The molecule has 4 heteroatoms. The molecule has 1 amide bonds. The van der Waals surface area contributed by atoms with Gasteiger partial charge in [0, 0.05) is 19.7 Å². The Morgan fingerprint density at radius 1 is 1.13 bits per heavy atom. The van der Waals surface area contributed by atoms with Crippen molar-refractivity contribution in [2.45, 2.75) is 33.1 Å². The summed E-state index contributed by atoms with van der Waals surface area (Å²) in [4.78, 5) is 11.1. The van der Waals surface area contributed by atoms with Gasteiger partial charge in [0.05, 0.1) is 13.2 Å². The van der Waals surface area contributed by atoms with E-state index in [4.69, 9.17) is 4.74 Å². The normalized spacial score (nSPS) is 10.3. The number of nitrogens with one attached hydrogen (secondary N) is 2. The Balaban J connectivity index is 3.06. The van der Waals surface area contributed by atoms with Crippen LogP contribution in [0.4, 0.5) is 0 Å². The van der Waals surface area contributed by atoms with Crippen LogP contribution >= 0.6 is 0 Å². The summed E-state index contributed by atoms with van der Waals surface area (Å²) >= 11 is 0. The minimum atomic E-state index is 0.0606. The fourth-order valence-corrected chi connectivity index (χ4v) is 1.02. The zero-order valence-electron chi connectivity index (χ0n) is 9.97. The van der Waals surface area contributed by atoms with E-state index in [0.29, 0.717) is 13.2 Å². The molecule has 0 heterocycles. The Hall–Kier alpha value is -0.610. The first kappa shape index (κ1) is 14.4. The molecule has 0 fully saturated rings. The van der Waals surface area contributed by atoms with Gasteiger partial charge in [-0.25, -0.2) is 0 Å². The van der Waals surface area contributed by atoms with Gasteiger partial charge in [0.2, 0.25) is 5.91 Å². The maximum Gasteiger partial charge on any atom is 0.233 e. The number of amides is 1. The average Bonchev–Trinajstić information content (AvgIpc) is 2.25. The van der Waals surface area contributed by atoms with Gasteiger partial charge >= 0.3 is 0 Å². The van der Waals surface area contributed by atoms with Crippen molar-refractivity contribution in [1.29, 1.82) is 0 Å². The lowest BCUT2D eigenvalue weighted by Crippen LogP contribution is -2.35. The molecular weight excluding hydrogens is 192 g/mol. The third-order valence-corrected chi connectivity index (χ3v) is 1.92. The van der Waals surface area contributed by atoms with E-state index in [1.807, 2.05) is 6.92 Å². The zero-order valence-corrected chi connectivity index (χ0v) is 9.97. The number of rotatable bonds is 10. The molecule has 0 aliphatic heterocycles. The maximum atomic E-state index is 11.1. The van der Waals surface area contributed by atoms with Gasteiger partial charge in [-0.05, 0) is 12.8 Å². The molecule has 0 aliphatic rings. The minimum Gasteiger partial charge on any atom is -0.380 e. The van der Waals surface area contributed by atoms with Crippen molar-refractivity contribution in [2.75, 3.05) is 32.8 Å². The van der Waals surface area contributed by atoms with Gasteiger partial charge < -0.3 is 15.4 Å². The third kappa shape index (κ3) is 11.3. The highest BCUT2D eigenvalue weighted by Gasteiger charge is 1.97. The second-order valence-corrected chi connectivity index (χ2v) is 3.49. The molecule has 2 N–H and O–H groups in total. The molecule has 0 aliphatic carbocycles. The molecule has 0 aromatic rings. The molecule has 0 spiro atoms. The monoisotopic (exact) mass is 216 g/mol. The number of hydrogen-bond donors (Lipinski definition) is 2. The zero-order chi connectivity index (χ0) is 11.4. The standard InChI is InChI=1S/C11H24N2O2/c1-3-5-8-15-9-7-12-10-11(14)13-6-4-2/h12H,3-10H2,1-2H3,(H,13,14). The Labute approximate surface area is 92.8 Å². The highest BCUT2D eigenvalue weighted by Crippen LogP contribution is 1.86. The van der Waals surface area contributed by atoms with Crippen molar-refractivity contribution in [2.24, 2.45) is 0 Å². The molecule has 0 saturated carbocycles. The molecule has 4 nitrogen and oxygen atoms in total. The van der Waals surface area contributed by atoms with E-state index >= 15 is 0 Å². The maximum absolute atomic E-state index is 11.1. The predicted molar refractivity (Wildman–Crippen MR) is 61.9 cm³/mol. The van der Waals surface area contributed by atoms with Crippen molar-refractivity contribution in [3.63, 3.8) is 0 Å². The van der Waals surface area contributed by atoms with Crippen LogP contribution in [-0.4, -0.2) is 38.8 Å². The third-order valence-electron chi connectivity index (χ3n) is 1.92. The topological polar surface area (TPSA) is 50.4 Å². The molecular formula is C11H24N2O2. The highest BCUT2D eigenvalue weighted by atomic mass is 16.5. The molecule has 0 atom stereocenters. The van der Waals surface area contributed by atoms with Crippen molar-refractivity contribution in [1.82, 2.24) is 10.6 Å². The van der Waals surface area contributed by atoms with Crippen LogP contribution in [0.5, 0.6) is 0 Å². The van der Waals surface area contributed by atoms with Crippen LogP contribution in [0.15, 0.2) is 0 Å². The van der Waals surface area contributed by atoms with E-state index in [-0.39, 0.29) is 5.91 Å². The van der Waals surface area contributed by atoms with E-state index < -0.39 is 0 Å². The van der Waals surface area contributed by atoms with E-state index in [9.17, 15) is 4.79 Å². The number of hydrogen-bond acceptors (Lipinski definition) is 3. The minimum absolute atomic E-state index is 0.0606. The lowest BCUT2D eigenvalue weighted by Gasteiger charge is -2.06. The summed E-state index contributed by atoms with van der Waals surface area (Å²) in [6.45, 7) is 7.56. The molecule has 0 aromatic carbocycles. The second kappa shape index (κ2) is 11.5. The van der Waals surface area contributed by atoms with Gasteiger partial charge in [0.15, 0.2) is 0 Å². The first-order valence-corrected chi connectivity index (χ1v) is 5.86. The van der Waals surface area contributed by atoms with Gasteiger partial charge in [0.1, 0.15) is 0 Å². The van der Waals surface area contributed by atoms with E-state index in [1.54, 1.807) is 0 Å². The number of carbonyl (C=O) groups is 1. The quantitative estimate of drug-likeness (QED) is 0.534. The number of carbonyl (C=O) groups excluding carboxylic acids is 1. The summed E-state index contributed by atoms with van der Waals surface area (Å²) in [7, 11) is 0. The van der Waals surface area contributed by atoms with Crippen molar-refractivity contribution in [3.8, 4) is 0 Å². The summed E-state index contributed by atoms with van der Waals surface area (Å²) < 4.78 is 5.34. The molecule has 0 radical (unpaired) electrons. The Kier molecular flexibility index (Phi) is 11.0. The van der Waals surface area contributed by atoms with Gasteiger partial charge in [-0.2, -0.15) is 0 Å². The Morgan fingerprint density at radius 3 is 2.60 bits per heavy atom. The molecule has 0 aromatic heterocycles. The van der Waals surface area contributed by atoms with E-state index in [0.717, 1.165) is 39.0 Å². The van der Waals surface area contributed by atoms with Gasteiger partial charge in [0.25, 0.3) is 0 Å². The largest absolute Gasteiger partial charge is 0.380 e. The lowest BCUT2D eigenvalue weighted by atomic mass is 10.4. The highest BCUT2D eigenvalue weighted by molar-refractivity contribution is 5.77. The molecule has 0 bridgehead atoms. The van der Waals surface area contributed by atoms with Gasteiger partial charge in [-0.1, -0.05) is 20.3 Å². The Morgan fingerprint density at radius 2 is 1.93 bits per heavy atom. The fraction of sp³-hybridized carbons (Fsp3) is 0.909. The number of ether oxygens (including phenoxy) is 1. The first-order valence-electron chi connectivity index (χ1n) is 5.86. The summed E-state index contributed by atoms with van der Waals surface area (Å²) in [6, 6.07) is 0.